The van der Waals surface area contributed by atoms with E-state index in [9.17, 15) is 27.2 Å². The second-order valence-electron chi connectivity index (χ2n) is 5.66. The zero-order chi connectivity index (χ0) is 17.9. The average molecular weight is 385 g/mol. The molecule has 0 aromatic heterocycles. The van der Waals surface area contributed by atoms with Gasteiger partial charge in [0.2, 0.25) is 5.91 Å². The molecule has 10 heteroatoms. The standard InChI is InChI=1S/C15H16F4N2O3.ClH/c16-9-2-1-3-10(6-9)20-13(22)4-5-21-7-11(14(23)24)12(8-21)15(17,18)19;/h1-3,6,11-12H,4-5,7-8H2,(H,20,22)(H,23,24);1H/t11-,12-;/m1./s1. The molecule has 0 radical (unpaired) electrons. The van der Waals surface area contributed by atoms with E-state index in [1.807, 2.05) is 0 Å². The Balaban J connectivity index is 0.00000312. The number of carbonyl (C=O) groups excluding carboxylic acids is 1. The number of carbonyl (C=O) groups is 2. The fraction of sp³-hybridized carbons (Fsp3) is 0.467. The molecule has 1 aliphatic heterocycles. The number of halogens is 5. The molecular weight excluding hydrogens is 368 g/mol. The van der Waals surface area contributed by atoms with Gasteiger partial charge in [-0.05, 0) is 18.2 Å². The summed E-state index contributed by atoms with van der Waals surface area (Å²) in [5.74, 6) is -5.98. The average Bonchev–Trinajstić information content (AvgIpc) is 2.90. The smallest absolute Gasteiger partial charge is 0.393 e. The molecule has 2 atom stereocenters. The first-order valence-electron chi connectivity index (χ1n) is 7.24. The van der Waals surface area contributed by atoms with Gasteiger partial charge >= 0.3 is 12.1 Å². The summed E-state index contributed by atoms with van der Waals surface area (Å²) in [6.07, 6.45) is -4.71. The van der Waals surface area contributed by atoms with Crippen LogP contribution in [0.25, 0.3) is 0 Å². The number of hydrogen-bond donors (Lipinski definition) is 2. The summed E-state index contributed by atoms with van der Waals surface area (Å²) in [5.41, 5.74) is 0.248. The second-order valence-corrected chi connectivity index (χ2v) is 5.66. The number of aliphatic carboxylic acids is 1. The number of nitrogens with one attached hydrogen (secondary N) is 1. The SMILES string of the molecule is Cl.O=C(CCN1C[C@@H](C(F)(F)F)[C@H](C(=O)O)C1)Nc1cccc(F)c1. The van der Waals surface area contributed by atoms with Gasteiger partial charge in [0.15, 0.2) is 0 Å². The van der Waals surface area contributed by atoms with Crippen LogP contribution in [0.4, 0.5) is 23.2 Å². The monoisotopic (exact) mass is 384 g/mol. The molecule has 2 N–H and O–H groups in total. The molecule has 2 rings (SSSR count). The molecule has 1 fully saturated rings. The highest BCUT2D eigenvalue weighted by Crippen LogP contribution is 2.37. The molecule has 1 aromatic rings. The Morgan fingerprint density at radius 3 is 2.48 bits per heavy atom. The first-order chi connectivity index (χ1) is 11.2. The molecule has 0 spiro atoms. The third kappa shape index (κ3) is 5.86. The molecule has 140 valence electrons. The molecule has 1 heterocycles. The van der Waals surface area contributed by atoms with Crippen LogP contribution in [0.5, 0.6) is 0 Å². The Hall–Kier alpha value is -1.87. The quantitative estimate of drug-likeness (QED) is 0.766. The van der Waals surface area contributed by atoms with Gasteiger partial charge in [0.05, 0.1) is 11.8 Å². The third-order valence-corrected chi connectivity index (χ3v) is 3.90. The Morgan fingerprint density at radius 2 is 1.96 bits per heavy atom. The molecule has 0 aliphatic carbocycles. The highest BCUT2D eigenvalue weighted by Gasteiger charge is 2.52. The van der Waals surface area contributed by atoms with E-state index in [2.05, 4.69) is 5.32 Å². The number of rotatable bonds is 5. The largest absolute Gasteiger partial charge is 0.481 e. The molecule has 0 saturated carbocycles. The number of anilines is 1. The van der Waals surface area contributed by atoms with Crippen molar-refractivity contribution in [1.82, 2.24) is 4.90 Å². The van der Waals surface area contributed by atoms with Gasteiger partial charge in [-0.2, -0.15) is 13.2 Å². The van der Waals surface area contributed by atoms with Crippen molar-refractivity contribution in [3.8, 4) is 0 Å². The molecule has 0 unspecified atom stereocenters. The fourth-order valence-corrected chi connectivity index (χ4v) is 2.70. The topological polar surface area (TPSA) is 69.6 Å². The number of benzene rings is 1. The maximum absolute atomic E-state index is 13.0. The van der Waals surface area contributed by atoms with Crippen molar-refractivity contribution in [1.29, 1.82) is 0 Å². The minimum absolute atomic E-state index is 0. The van der Waals surface area contributed by atoms with Gasteiger partial charge in [-0.3, -0.25) is 9.59 Å². The predicted octanol–water partition coefficient (Wildman–Crippen LogP) is 2.77. The summed E-state index contributed by atoms with van der Waals surface area (Å²) in [5, 5.41) is 11.4. The molecule has 0 bridgehead atoms. The lowest BCUT2D eigenvalue weighted by Gasteiger charge is -2.18. The van der Waals surface area contributed by atoms with E-state index in [1.165, 1.54) is 23.1 Å². The van der Waals surface area contributed by atoms with Crippen LogP contribution in [-0.4, -0.2) is 47.7 Å². The summed E-state index contributed by atoms with van der Waals surface area (Å²) >= 11 is 0. The highest BCUT2D eigenvalue weighted by atomic mass is 35.5. The van der Waals surface area contributed by atoms with Crippen LogP contribution in [-0.2, 0) is 9.59 Å². The summed E-state index contributed by atoms with van der Waals surface area (Å²) in [6.45, 7) is -0.710. The first kappa shape index (κ1) is 21.2. The Morgan fingerprint density at radius 1 is 1.28 bits per heavy atom. The summed E-state index contributed by atoms with van der Waals surface area (Å²) in [6, 6.07) is 5.23. The van der Waals surface area contributed by atoms with Gasteiger partial charge in [-0.25, -0.2) is 4.39 Å². The van der Waals surface area contributed by atoms with Crippen LogP contribution < -0.4 is 5.32 Å². The van der Waals surface area contributed by atoms with E-state index in [4.69, 9.17) is 5.11 Å². The van der Waals surface area contributed by atoms with E-state index >= 15 is 0 Å². The zero-order valence-electron chi connectivity index (χ0n) is 12.9. The molecule has 5 nitrogen and oxygen atoms in total. The summed E-state index contributed by atoms with van der Waals surface area (Å²) in [4.78, 5) is 24.1. The van der Waals surface area contributed by atoms with E-state index < -0.39 is 42.3 Å². The molecular formula is C15H17ClF4N2O3. The lowest BCUT2D eigenvalue weighted by atomic mass is 9.96. The van der Waals surface area contributed by atoms with Crippen molar-refractivity contribution in [3.63, 3.8) is 0 Å². The number of carboxylic acid groups (broad SMARTS) is 1. The van der Waals surface area contributed by atoms with Crippen molar-refractivity contribution >= 4 is 30.0 Å². The first-order valence-corrected chi connectivity index (χ1v) is 7.24. The number of nitrogens with zero attached hydrogens (tertiary/aromatic N) is 1. The van der Waals surface area contributed by atoms with Crippen LogP contribution in [0.1, 0.15) is 6.42 Å². The van der Waals surface area contributed by atoms with Crippen LogP contribution in [0, 0.1) is 17.7 Å². The van der Waals surface area contributed by atoms with Crippen molar-refractivity contribution in [2.45, 2.75) is 12.6 Å². The highest BCUT2D eigenvalue weighted by molar-refractivity contribution is 5.90. The lowest BCUT2D eigenvalue weighted by Crippen LogP contribution is -2.33. The third-order valence-electron chi connectivity index (χ3n) is 3.90. The minimum atomic E-state index is -4.60. The van der Waals surface area contributed by atoms with Gasteiger partial charge in [-0.15, -0.1) is 12.4 Å². The molecule has 25 heavy (non-hydrogen) atoms. The Kier molecular flexibility index (Phi) is 7.18. The van der Waals surface area contributed by atoms with Gasteiger partial charge in [0.1, 0.15) is 5.82 Å². The second kappa shape index (κ2) is 8.48. The van der Waals surface area contributed by atoms with Crippen LogP contribution in [0.2, 0.25) is 0 Å². The van der Waals surface area contributed by atoms with Crippen LogP contribution in [0.15, 0.2) is 24.3 Å². The van der Waals surface area contributed by atoms with Crippen molar-refractivity contribution in [2.75, 3.05) is 25.0 Å². The fourth-order valence-electron chi connectivity index (χ4n) is 2.70. The number of amides is 1. The Bertz CT molecular complexity index is 627. The van der Waals surface area contributed by atoms with E-state index in [0.717, 1.165) is 6.07 Å². The normalized spacial score (nSPS) is 20.8. The van der Waals surface area contributed by atoms with Gasteiger partial charge in [-0.1, -0.05) is 6.07 Å². The number of carboxylic acids is 1. The van der Waals surface area contributed by atoms with E-state index in [1.54, 1.807) is 0 Å². The molecule has 1 saturated heterocycles. The molecule has 1 aliphatic rings. The maximum Gasteiger partial charge on any atom is 0.393 e. The van der Waals surface area contributed by atoms with Crippen LogP contribution in [0.3, 0.4) is 0 Å². The summed E-state index contributed by atoms with van der Waals surface area (Å²) < 4.78 is 51.6. The molecule has 1 aromatic carbocycles. The number of alkyl halides is 3. The Labute approximate surface area is 147 Å². The lowest BCUT2D eigenvalue weighted by molar-refractivity contribution is -0.188. The van der Waals surface area contributed by atoms with Gasteiger partial charge < -0.3 is 15.3 Å². The zero-order valence-corrected chi connectivity index (χ0v) is 13.7. The van der Waals surface area contributed by atoms with E-state index in [-0.39, 0.29) is 37.6 Å². The molecule has 1 amide bonds. The van der Waals surface area contributed by atoms with E-state index in [0.29, 0.717) is 0 Å². The predicted molar refractivity (Wildman–Crippen MR) is 84.0 cm³/mol. The summed E-state index contributed by atoms with van der Waals surface area (Å²) in [7, 11) is 0. The van der Waals surface area contributed by atoms with Crippen molar-refractivity contribution in [2.24, 2.45) is 11.8 Å². The number of likely N-dealkylation sites (tertiary alicyclic amines) is 1. The van der Waals surface area contributed by atoms with Crippen molar-refractivity contribution in [3.05, 3.63) is 30.1 Å². The van der Waals surface area contributed by atoms with Gasteiger partial charge in [0.25, 0.3) is 0 Å². The van der Waals surface area contributed by atoms with Crippen LogP contribution >= 0.6 is 12.4 Å². The van der Waals surface area contributed by atoms with Crippen molar-refractivity contribution < 1.29 is 32.3 Å². The number of hydrogen-bond acceptors (Lipinski definition) is 3. The minimum Gasteiger partial charge on any atom is -0.481 e. The maximum atomic E-state index is 13.0. The van der Waals surface area contributed by atoms with Gasteiger partial charge in [0, 0.05) is 31.7 Å².